The lowest BCUT2D eigenvalue weighted by Crippen LogP contribution is -2.31. The van der Waals surface area contributed by atoms with Crippen molar-refractivity contribution in [3.63, 3.8) is 0 Å². The minimum atomic E-state index is -0.362. The zero-order valence-corrected chi connectivity index (χ0v) is 10.2. The van der Waals surface area contributed by atoms with Crippen molar-refractivity contribution < 1.29 is 9.18 Å². The second-order valence-electron chi connectivity index (χ2n) is 4.67. The van der Waals surface area contributed by atoms with Crippen LogP contribution in [0.5, 0.6) is 0 Å². The van der Waals surface area contributed by atoms with E-state index < -0.39 is 0 Å². The number of anilines is 1. The summed E-state index contributed by atoms with van der Waals surface area (Å²) >= 11 is 0. The molecular formula is C13H17FN2O. The molecule has 1 heterocycles. The van der Waals surface area contributed by atoms with Crippen LogP contribution in [0, 0.1) is 5.82 Å². The van der Waals surface area contributed by atoms with Gasteiger partial charge in [0.2, 0.25) is 0 Å². The molecule has 1 aliphatic heterocycles. The second-order valence-corrected chi connectivity index (χ2v) is 4.67. The first-order valence-electron chi connectivity index (χ1n) is 5.78. The maximum absolute atomic E-state index is 13.0. The monoisotopic (exact) mass is 236 g/mol. The number of aldehydes is 1. The highest BCUT2D eigenvalue weighted by atomic mass is 19.1. The van der Waals surface area contributed by atoms with Crippen LogP contribution < -0.4 is 4.90 Å². The fourth-order valence-electron chi connectivity index (χ4n) is 2.29. The average molecular weight is 236 g/mol. The molecule has 1 aromatic carbocycles. The summed E-state index contributed by atoms with van der Waals surface area (Å²) in [6.07, 6.45) is 1.80. The van der Waals surface area contributed by atoms with Gasteiger partial charge in [-0.05, 0) is 38.7 Å². The molecule has 3 nitrogen and oxygen atoms in total. The lowest BCUT2D eigenvalue weighted by Gasteiger charge is -2.22. The highest BCUT2D eigenvalue weighted by Crippen LogP contribution is 2.25. The minimum absolute atomic E-state index is 0.362. The van der Waals surface area contributed by atoms with Gasteiger partial charge < -0.3 is 9.80 Å². The first-order valence-corrected chi connectivity index (χ1v) is 5.78. The molecule has 0 unspecified atom stereocenters. The summed E-state index contributed by atoms with van der Waals surface area (Å²) in [5.74, 6) is -0.362. The molecular weight excluding hydrogens is 219 g/mol. The van der Waals surface area contributed by atoms with E-state index in [0.29, 0.717) is 11.6 Å². The van der Waals surface area contributed by atoms with Gasteiger partial charge in [0, 0.05) is 30.4 Å². The van der Waals surface area contributed by atoms with Crippen molar-refractivity contribution in [1.29, 1.82) is 0 Å². The molecule has 1 aliphatic rings. The van der Waals surface area contributed by atoms with E-state index in [4.69, 9.17) is 0 Å². The van der Waals surface area contributed by atoms with Gasteiger partial charge in [-0.25, -0.2) is 4.39 Å². The molecule has 4 heteroatoms. The lowest BCUT2D eigenvalue weighted by atomic mass is 10.1. The summed E-state index contributed by atoms with van der Waals surface area (Å²) < 4.78 is 13.0. The van der Waals surface area contributed by atoms with Crippen molar-refractivity contribution >= 4 is 12.0 Å². The van der Waals surface area contributed by atoms with Crippen molar-refractivity contribution in [3.8, 4) is 0 Å². The molecule has 0 N–H and O–H groups in total. The Bertz CT molecular complexity index is 420. The molecule has 1 aromatic rings. The molecule has 2 rings (SSSR count). The Hall–Kier alpha value is -1.42. The summed E-state index contributed by atoms with van der Waals surface area (Å²) in [6.45, 7) is 1.80. The van der Waals surface area contributed by atoms with E-state index in [-0.39, 0.29) is 5.82 Å². The quantitative estimate of drug-likeness (QED) is 0.747. The van der Waals surface area contributed by atoms with Gasteiger partial charge in [-0.15, -0.1) is 0 Å². The molecule has 0 aromatic heterocycles. The molecule has 0 saturated carbocycles. The molecule has 0 bridgehead atoms. The fraction of sp³-hybridized carbons (Fsp3) is 0.462. The zero-order valence-electron chi connectivity index (χ0n) is 10.2. The van der Waals surface area contributed by atoms with Gasteiger partial charge in [0.05, 0.1) is 0 Å². The smallest absolute Gasteiger partial charge is 0.152 e. The molecule has 1 saturated heterocycles. The number of benzene rings is 1. The van der Waals surface area contributed by atoms with E-state index in [1.807, 2.05) is 0 Å². The van der Waals surface area contributed by atoms with Crippen molar-refractivity contribution in [2.45, 2.75) is 12.5 Å². The predicted octanol–water partition coefficient (Wildman–Crippen LogP) is 1.78. The van der Waals surface area contributed by atoms with E-state index >= 15 is 0 Å². The number of nitrogens with zero attached hydrogens (tertiary/aromatic N) is 2. The third kappa shape index (κ3) is 2.47. The molecule has 0 radical (unpaired) electrons. The maximum atomic E-state index is 13.0. The van der Waals surface area contributed by atoms with E-state index in [2.05, 4.69) is 23.9 Å². The number of likely N-dealkylation sites (N-methyl/N-ethyl adjacent to an activating group) is 1. The molecule has 0 amide bonds. The summed E-state index contributed by atoms with van der Waals surface area (Å²) in [5.41, 5.74) is 1.27. The number of halogens is 1. The Morgan fingerprint density at radius 1 is 1.47 bits per heavy atom. The summed E-state index contributed by atoms with van der Waals surface area (Å²) in [5, 5.41) is 0. The number of rotatable bonds is 3. The molecule has 0 spiro atoms. The maximum Gasteiger partial charge on any atom is 0.152 e. The lowest BCUT2D eigenvalue weighted by molar-refractivity contribution is 0.112. The second kappa shape index (κ2) is 4.84. The normalized spacial score (nSPS) is 20.0. The molecule has 1 atom stereocenters. The topological polar surface area (TPSA) is 23.6 Å². The number of hydrogen-bond donors (Lipinski definition) is 0. The SMILES string of the molecule is CN(C)[C@H]1CCN(c2ccc(F)cc2C=O)C1. The third-order valence-corrected chi connectivity index (χ3v) is 3.35. The Morgan fingerprint density at radius 2 is 2.24 bits per heavy atom. The van der Waals surface area contributed by atoms with Gasteiger partial charge in [-0.1, -0.05) is 0 Å². The van der Waals surface area contributed by atoms with E-state index in [0.717, 1.165) is 31.5 Å². The van der Waals surface area contributed by atoms with Crippen LogP contribution in [0.25, 0.3) is 0 Å². The van der Waals surface area contributed by atoms with Gasteiger partial charge in [0.25, 0.3) is 0 Å². The first kappa shape index (κ1) is 12.0. The summed E-state index contributed by atoms with van der Waals surface area (Å²) in [4.78, 5) is 15.3. The summed E-state index contributed by atoms with van der Waals surface area (Å²) in [7, 11) is 4.11. The van der Waals surface area contributed by atoms with Crippen LogP contribution in [0.15, 0.2) is 18.2 Å². The van der Waals surface area contributed by atoms with E-state index in [1.54, 1.807) is 6.07 Å². The predicted molar refractivity (Wildman–Crippen MR) is 66.1 cm³/mol. The van der Waals surface area contributed by atoms with Gasteiger partial charge in [-0.2, -0.15) is 0 Å². The standard InChI is InChI=1S/C13H17FN2O/c1-15(2)12-5-6-16(8-12)13-4-3-11(14)7-10(13)9-17/h3-4,7,9,12H,5-6,8H2,1-2H3/t12-/m0/s1. The Kier molecular flexibility index (Phi) is 3.43. The van der Waals surface area contributed by atoms with Crippen LogP contribution in [-0.2, 0) is 0 Å². The van der Waals surface area contributed by atoms with E-state index in [1.165, 1.54) is 12.1 Å². The van der Waals surface area contributed by atoms with Crippen LogP contribution in [0.2, 0.25) is 0 Å². The van der Waals surface area contributed by atoms with Gasteiger partial charge >= 0.3 is 0 Å². The molecule has 17 heavy (non-hydrogen) atoms. The average Bonchev–Trinajstić information content (AvgIpc) is 2.78. The highest BCUT2D eigenvalue weighted by Gasteiger charge is 2.25. The summed E-state index contributed by atoms with van der Waals surface area (Å²) in [6, 6.07) is 4.90. The molecule has 92 valence electrons. The Labute approximate surface area is 101 Å². The largest absolute Gasteiger partial charge is 0.369 e. The van der Waals surface area contributed by atoms with Crippen molar-refractivity contribution in [2.24, 2.45) is 0 Å². The fourth-order valence-corrected chi connectivity index (χ4v) is 2.29. The van der Waals surface area contributed by atoms with Crippen molar-refractivity contribution in [2.75, 3.05) is 32.1 Å². The van der Waals surface area contributed by atoms with Gasteiger partial charge in [0.15, 0.2) is 6.29 Å². The van der Waals surface area contributed by atoms with Crippen molar-refractivity contribution in [1.82, 2.24) is 4.90 Å². The minimum Gasteiger partial charge on any atom is -0.369 e. The van der Waals surface area contributed by atoms with Crippen LogP contribution in [0.1, 0.15) is 16.8 Å². The van der Waals surface area contributed by atoms with Crippen LogP contribution >= 0.6 is 0 Å². The molecule has 0 aliphatic carbocycles. The third-order valence-electron chi connectivity index (χ3n) is 3.35. The Balaban J connectivity index is 2.21. The highest BCUT2D eigenvalue weighted by molar-refractivity contribution is 5.84. The first-order chi connectivity index (χ1) is 8.11. The Morgan fingerprint density at radius 3 is 2.82 bits per heavy atom. The number of hydrogen-bond acceptors (Lipinski definition) is 3. The number of carbonyl (C=O) groups is 1. The van der Waals surface area contributed by atoms with Crippen LogP contribution in [0.3, 0.4) is 0 Å². The molecule has 1 fully saturated rings. The van der Waals surface area contributed by atoms with Gasteiger partial charge in [0.1, 0.15) is 5.82 Å². The number of carbonyl (C=O) groups excluding carboxylic acids is 1. The van der Waals surface area contributed by atoms with Crippen molar-refractivity contribution in [3.05, 3.63) is 29.6 Å². The van der Waals surface area contributed by atoms with Gasteiger partial charge in [-0.3, -0.25) is 4.79 Å². The van der Waals surface area contributed by atoms with Crippen LogP contribution in [-0.4, -0.2) is 44.4 Å². The van der Waals surface area contributed by atoms with Crippen LogP contribution in [0.4, 0.5) is 10.1 Å². The zero-order chi connectivity index (χ0) is 12.4. The van der Waals surface area contributed by atoms with E-state index in [9.17, 15) is 9.18 Å².